The number of hydrogen-bond acceptors (Lipinski definition) is 4. The molecule has 0 unspecified atom stereocenters. The maximum atomic E-state index is 4.48. The Morgan fingerprint density at radius 2 is 1.67 bits per heavy atom. The van der Waals surface area contributed by atoms with Crippen molar-refractivity contribution in [2.75, 3.05) is 24.5 Å². The number of nitrogens with zero attached hydrogens (tertiary/aromatic N) is 3. The van der Waals surface area contributed by atoms with E-state index >= 15 is 0 Å². The molecule has 1 aliphatic rings. The molecule has 1 aromatic heterocycles. The number of unbranched alkanes of at least 4 members (excludes halogenated alkanes) is 5. The van der Waals surface area contributed by atoms with Crippen molar-refractivity contribution in [1.29, 1.82) is 0 Å². The largest absolute Gasteiger partial charge is 0.341 e. The first-order valence-electron chi connectivity index (χ1n) is 8.66. The smallest absolute Gasteiger partial charge is 0.225 e. The molecule has 0 amide bonds. The fraction of sp³-hybridized carbons (Fsp3) is 0.765. The lowest BCUT2D eigenvalue weighted by molar-refractivity contribution is 0.571. The number of anilines is 1. The fourth-order valence-corrected chi connectivity index (χ4v) is 2.78. The van der Waals surface area contributed by atoms with Crippen LogP contribution < -0.4 is 10.2 Å². The molecule has 0 atom stereocenters. The molecule has 1 fully saturated rings. The Morgan fingerprint density at radius 3 is 2.38 bits per heavy atom. The van der Waals surface area contributed by atoms with Gasteiger partial charge in [-0.2, -0.15) is 0 Å². The summed E-state index contributed by atoms with van der Waals surface area (Å²) < 4.78 is 0. The predicted molar refractivity (Wildman–Crippen MR) is 88.6 cm³/mol. The van der Waals surface area contributed by atoms with Crippen LogP contribution in [0.5, 0.6) is 0 Å². The molecule has 0 spiro atoms. The molecule has 1 aliphatic heterocycles. The zero-order valence-corrected chi connectivity index (χ0v) is 13.5. The molecule has 0 aliphatic carbocycles. The van der Waals surface area contributed by atoms with E-state index in [2.05, 4.69) is 27.1 Å². The van der Waals surface area contributed by atoms with Crippen molar-refractivity contribution in [1.82, 2.24) is 15.3 Å². The van der Waals surface area contributed by atoms with E-state index in [1.54, 1.807) is 0 Å². The van der Waals surface area contributed by atoms with Gasteiger partial charge >= 0.3 is 0 Å². The van der Waals surface area contributed by atoms with Crippen molar-refractivity contribution in [3.63, 3.8) is 0 Å². The van der Waals surface area contributed by atoms with E-state index < -0.39 is 0 Å². The average molecular weight is 290 g/mol. The second kappa shape index (κ2) is 9.72. The fourth-order valence-electron chi connectivity index (χ4n) is 2.78. The summed E-state index contributed by atoms with van der Waals surface area (Å²) >= 11 is 0. The van der Waals surface area contributed by atoms with Crippen LogP contribution in [0.15, 0.2) is 12.4 Å². The second-order valence-electron chi connectivity index (χ2n) is 6.03. The zero-order valence-electron chi connectivity index (χ0n) is 13.5. The van der Waals surface area contributed by atoms with Crippen LogP contribution in [0, 0.1) is 0 Å². The maximum absolute atomic E-state index is 4.48. The normalized spacial score (nSPS) is 14.8. The molecule has 2 heterocycles. The molecule has 2 rings (SSSR count). The van der Waals surface area contributed by atoms with Crippen LogP contribution in [0.3, 0.4) is 0 Å². The highest BCUT2D eigenvalue weighted by Gasteiger charge is 2.14. The Bertz CT molecular complexity index is 371. The Morgan fingerprint density at radius 1 is 1.00 bits per heavy atom. The highest BCUT2D eigenvalue weighted by Crippen LogP contribution is 2.14. The minimum atomic E-state index is 0.884. The van der Waals surface area contributed by atoms with E-state index in [0.29, 0.717) is 0 Å². The van der Waals surface area contributed by atoms with Crippen molar-refractivity contribution >= 4 is 5.95 Å². The number of hydrogen-bond donors (Lipinski definition) is 1. The quantitative estimate of drug-likeness (QED) is 0.669. The molecule has 1 aromatic rings. The van der Waals surface area contributed by atoms with E-state index in [1.807, 2.05) is 12.4 Å². The molecule has 4 nitrogen and oxygen atoms in total. The highest BCUT2D eigenvalue weighted by molar-refractivity contribution is 5.30. The van der Waals surface area contributed by atoms with Gasteiger partial charge in [0.1, 0.15) is 0 Å². The van der Waals surface area contributed by atoms with E-state index in [4.69, 9.17) is 0 Å². The summed E-state index contributed by atoms with van der Waals surface area (Å²) in [5.41, 5.74) is 1.18. The molecule has 1 saturated heterocycles. The second-order valence-corrected chi connectivity index (χ2v) is 6.03. The van der Waals surface area contributed by atoms with Gasteiger partial charge in [0, 0.05) is 37.6 Å². The topological polar surface area (TPSA) is 41.1 Å². The third kappa shape index (κ3) is 6.00. The first-order valence-corrected chi connectivity index (χ1v) is 8.66. The summed E-state index contributed by atoms with van der Waals surface area (Å²) in [6, 6.07) is 0. The SMILES string of the molecule is CCCCCCCCNCc1cnc(N2CCCC2)nc1. The Hall–Kier alpha value is -1.16. The van der Waals surface area contributed by atoms with Crippen molar-refractivity contribution in [3.05, 3.63) is 18.0 Å². The van der Waals surface area contributed by atoms with Crippen molar-refractivity contribution < 1.29 is 0 Å². The summed E-state index contributed by atoms with van der Waals surface area (Å²) in [6.07, 6.45) is 14.6. The summed E-state index contributed by atoms with van der Waals surface area (Å²) in [7, 11) is 0. The van der Waals surface area contributed by atoms with Crippen LogP contribution in [-0.2, 0) is 6.54 Å². The van der Waals surface area contributed by atoms with E-state index in [9.17, 15) is 0 Å². The van der Waals surface area contributed by atoms with Gasteiger partial charge < -0.3 is 10.2 Å². The molecule has 0 radical (unpaired) electrons. The monoisotopic (exact) mass is 290 g/mol. The van der Waals surface area contributed by atoms with Crippen LogP contribution in [0.25, 0.3) is 0 Å². The zero-order chi connectivity index (χ0) is 14.8. The molecule has 1 N–H and O–H groups in total. The molecule has 0 bridgehead atoms. The maximum Gasteiger partial charge on any atom is 0.225 e. The van der Waals surface area contributed by atoms with Gasteiger partial charge in [0.2, 0.25) is 5.95 Å². The molecule has 0 saturated carbocycles. The molecule has 21 heavy (non-hydrogen) atoms. The van der Waals surface area contributed by atoms with Gasteiger partial charge in [0.05, 0.1) is 0 Å². The van der Waals surface area contributed by atoms with Gasteiger partial charge in [0.15, 0.2) is 0 Å². The van der Waals surface area contributed by atoms with Crippen molar-refractivity contribution in [2.45, 2.75) is 64.8 Å². The summed E-state index contributed by atoms with van der Waals surface area (Å²) in [6.45, 7) is 6.46. The van der Waals surface area contributed by atoms with Gasteiger partial charge in [-0.05, 0) is 25.8 Å². The van der Waals surface area contributed by atoms with Crippen molar-refractivity contribution in [2.24, 2.45) is 0 Å². The molecular formula is C17H30N4. The first kappa shape index (κ1) is 16.2. The van der Waals surface area contributed by atoms with Crippen molar-refractivity contribution in [3.8, 4) is 0 Å². The first-order chi connectivity index (χ1) is 10.4. The Balaban J connectivity index is 1.56. The summed E-state index contributed by atoms with van der Waals surface area (Å²) in [5, 5.41) is 3.49. The van der Waals surface area contributed by atoms with Gasteiger partial charge in [-0.3, -0.25) is 0 Å². The lowest BCUT2D eigenvalue weighted by Gasteiger charge is -2.14. The lowest BCUT2D eigenvalue weighted by atomic mass is 10.1. The van der Waals surface area contributed by atoms with Gasteiger partial charge in [0.25, 0.3) is 0 Å². The molecule has 0 aromatic carbocycles. The molecular weight excluding hydrogens is 260 g/mol. The lowest BCUT2D eigenvalue weighted by Crippen LogP contribution is -2.21. The number of aromatic nitrogens is 2. The summed E-state index contributed by atoms with van der Waals surface area (Å²) in [4.78, 5) is 11.2. The van der Waals surface area contributed by atoms with Gasteiger partial charge in [-0.1, -0.05) is 39.0 Å². The molecule has 118 valence electrons. The van der Waals surface area contributed by atoms with E-state index in [1.165, 1.54) is 56.9 Å². The van der Waals surface area contributed by atoms with Crippen LogP contribution >= 0.6 is 0 Å². The van der Waals surface area contributed by atoms with E-state index in [0.717, 1.165) is 32.1 Å². The minimum absolute atomic E-state index is 0.884. The van der Waals surface area contributed by atoms with Crippen LogP contribution in [0.2, 0.25) is 0 Å². The van der Waals surface area contributed by atoms with Crippen LogP contribution in [-0.4, -0.2) is 29.6 Å². The average Bonchev–Trinajstić information content (AvgIpc) is 3.05. The predicted octanol–water partition coefficient (Wildman–Crippen LogP) is 3.53. The van der Waals surface area contributed by atoms with Crippen LogP contribution in [0.4, 0.5) is 5.95 Å². The standard InChI is InChI=1S/C17H30N4/c1-2-3-4-5-6-7-10-18-13-16-14-19-17(20-15-16)21-11-8-9-12-21/h14-15,18H,2-13H2,1H3. The Labute approximate surface area is 129 Å². The van der Waals surface area contributed by atoms with E-state index in [-0.39, 0.29) is 0 Å². The summed E-state index contributed by atoms with van der Waals surface area (Å²) in [5.74, 6) is 0.896. The third-order valence-corrected chi connectivity index (χ3v) is 4.12. The molecule has 4 heteroatoms. The Kier molecular flexibility index (Phi) is 7.50. The number of rotatable bonds is 10. The highest BCUT2D eigenvalue weighted by atomic mass is 15.3. The van der Waals surface area contributed by atoms with Crippen LogP contribution in [0.1, 0.15) is 63.9 Å². The van der Waals surface area contributed by atoms with Gasteiger partial charge in [-0.15, -0.1) is 0 Å². The van der Waals surface area contributed by atoms with Gasteiger partial charge in [-0.25, -0.2) is 9.97 Å². The third-order valence-electron chi connectivity index (χ3n) is 4.12. The minimum Gasteiger partial charge on any atom is -0.341 e. The number of nitrogens with one attached hydrogen (secondary N) is 1.